The molecule has 0 bridgehead atoms. The molecular weight excluding hydrogens is 263 g/mol. The van der Waals surface area contributed by atoms with Crippen LogP contribution in [0, 0.1) is 3.57 Å². The quantitative estimate of drug-likeness (QED) is 0.793. The molecule has 0 saturated carbocycles. The summed E-state index contributed by atoms with van der Waals surface area (Å²) >= 11 is 2.29. The number of H-pyrrole nitrogens is 1. The molecule has 0 spiro atoms. The highest BCUT2D eigenvalue weighted by atomic mass is 127. The van der Waals surface area contributed by atoms with Crippen LogP contribution in [0.4, 0.5) is 0 Å². The lowest BCUT2D eigenvalue weighted by molar-refractivity contribution is 1.31. The third-order valence-corrected chi connectivity index (χ3v) is 2.36. The van der Waals surface area contributed by atoms with Crippen LogP contribution in [0.5, 0.6) is 0 Å². The fraction of sp³-hybridized carbons (Fsp3) is 0. The SMILES string of the molecule is Ic1ccc(-c2c[nH]cn2)cc1. The van der Waals surface area contributed by atoms with Crippen molar-refractivity contribution in [1.29, 1.82) is 0 Å². The van der Waals surface area contributed by atoms with Crippen molar-refractivity contribution in [1.82, 2.24) is 9.97 Å². The minimum absolute atomic E-state index is 0.992. The number of nitrogens with zero attached hydrogens (tertiary/aromatic N) is 1. The van der Waals surface area contributed by atoms with E-state index in [1.54, 1.807) is 6.33 Å². The number of aromatic nitrogens is 2. The van der Waals surface area contributed by atoms with Crippen molar-refractivity contribution in [3.63, 3.8) is 0 Å². The van der Waals surface area contributed by atoms with Crippen molar-refractivity contribution in [2.24, 2.45) is 0 Å². The van der Waals surface area contributed by atoms with Crippen molar-refractivity contribution in [3.05, 3.63) is 40.4 Å². The van der Waals surface area contributed by atoms with Gasteiger partial charge in [0.2, 0.25) is 0 Å². The number of nitrogens with one attached hydrogen (secondary N) is 1. The minimum Gasteiger partial charge on any atom is -0.351 e. The molecular formula is C9H7IN2. The van der Waals surface area contributed by atoms with Gasteiger partial charge >= 0.3 is 0 Å². The van der Waals surface area contributed by atoms with E-state index in [0.717, 1.165) is 11.3 Å². The van der Waals surface area contributed by atoms with Gasteiger partial charge in [-0.05, 0) is 34.7 Å². The normalized spacial score (nSPS) is 10.1. The lowest BCUT2D eigenvalue weighted by Crippen LogP contribution is -1.76. The highest BCUT2D eigenvalue weighted by molar-refractivity contribution is 14.1. The Balaban J connectivity index is 2.43. The average molecular weight is 270 g/mol. The second kappa shape index (κ2) is 3.26. The van der Waals surface area contributed by atoms with E-state index < -0.39 is 0 Å². The fourth-order valence-corrected chi connectivity index (χ4v) is 1.40. The van der Waals surface area contributed by atoms with Gasteiger partial charge in [0.1, 0.15) is 0 Å². The van der Waals surface area contributed by atoms with Gasteiger partial charge in [-0.25, -0.2) is 4.98 Å². The third kappa shape index (κ3) is 1.50. The molecule has 0 radical (unpaired) electrons. The van der Waals surface area contributed by atoms with E-state index >= 15 is 0 Å². The summed E-state index contributed by atoms with van der Waals surface area (Å²) in [6, 6.07) is 8.28. The first-order valence-corrected chi connectivity index (χ1v) is 4.69. The Kier molecular flexibility index (Phi) is 2.12. The zero-order valence-electron chi connectivity index (χ0n) is 6.29. The zero-order chi connectivity index (χ0) is 8.39. The topological polar surface area (TPSA) is 28.7 Å². The van der Waals surface area contributed by atoms with Gasteiger partial charge in [-0.2, -0.15) is 0 Å². The van der Waals surface area contributed by atoms with E-state index in [1.165, 1.54) is 3.57 Å². The van der Waals surface area contributed by atoms with Crippen LogP contribution in [-0.4, -0.2) is 9.97 Å². The first-order chi connectivity index (χ1) is 5.86. The highest BCUT2D eigenvalue weighted by Crippen LogP contribution is 2.16. The van der Waals surface area contributed by atoms with Crippen LogP contribution in [0.1, 0.15) is 0 Å². The lowest BCUT2D eigenvalue weighted by Gasteiger charge is -1.94. The summed E-state index contributed by atoms with van der Waals surface area (Å²) in [5.41, 5.74) is 2.14. The molecule has 12 heavy (non-hydrogen) atoms. The average Bonchev–Trinajstić information content (AvgIpc) is 2.58. The van der Waals surface area contributed by atoms with Crippen molar-refractivity contribution in [3.8, 4) is 11.3 Å². The number of halogens is 1. The molecule has 0 amide bonds. The van der Waals surface area contributed by atoms with E-state index in [4.69, 9.17) is 0 Å². The molecule has 2 aromatic rings. The smallest absolute Gasteiger partial charge is 0.0927 e. The van der Waals surface area contributed by atoms with E-state index in [-0.39, 0.29) is 0 Å². The maximum Gasteiger partial charge on any atom is 0.0927 e. The van der Waals surface area contributed by atoms with Crippen molar-refractivity contribution in [2.45, 2.75) is 0 Å². The number of hydrogen-bond acceptors (Lipinski definition) is 1. The predicted molar refractivity (Wildman–Crippen MR) is 56.7 cm³/mol. The first kappa shape index (κ1) is 7.79. The van der Waals surface area contributed by atoms with E-state index in [9.17, 15) is 0 Å². The zero-order valence-corrected chi connectivity index (χ0v) is 8.45. The van der Waals surface area contributed by atoms with Crippen LogP contribution in [0.3, 0.4) is 0 Å². The van der Waals surface area contributed by atoms with E-state index in [1.807, 2.05) is 6.20 Å². The molecule has 2 nitrogen and oxygen atoms in total. The number of aromatic amines is 1. The number of imidazole rings is 1. The van der Waals surface area contributed by atoms with Gasteiger partial charge in [0.05, 0.1) is 12.0 Å². The molecule has 0 fully saturated rings. The lowest BCUT2D eigenvalue weighted by atomic mass is 10.2. The van der Waals surface area contributed by atoms with E-state index in [2.05, 4.69) is 56.8 Å². The second-order valence-corrected chi connectivity index (χ2v) is 3.71. The Labute approximate surface area is 84.2 Å². The maximum absolute atomic E-state index is 4.16. The van der Waals surface area contributed by atoms with Crippen molar-refractivity contribution >= 4 is 22.6 Å². The number of rotatable bonds is 1. The molecule has 1 aromatic heterocycles. The molecule has 1 aromatic carbocycles. The van der Waals surface area contributed by atoms with Gasteiger partial charge in [-0.3, -0.25) is 0 Å². The second-order valence-electron chi connectivity index (χ2n) is 2.46. The van der Waals surface area contributed by atoms with Gasteiger partial charge in [-0.1, -0.05) is 12.1 Å². The Morgan fingerprint density at radius 3 is 2.50 bits per heavy atom. The summed E-state index contributed by atoms with van der Waals surface area (Å²) < 4.78 is 1.24. The molecule has 2 rings (SSSR count). The largest absolute Gasteiger partial charge is 0.351 e. The Morgan fingerprint density at radius 2 is 1.92 bits per heavy atom. The van der Waals surface area contributed by atoms with E-state index in [0.29, 0.717) is 0 Å². The third-order valence-electron chi connectivity index (χ3n) is 1.64. The molecule has 0 aliphatic carbocycles. The van der Waals surface area contributed by atoms with Crippen molar-refractivity contribution in [2.75, 3.05) is 0 Å². The molecule has 1 heterocycles. The molecule has 3 heteroatoms. The standard InChI is InChI=1S/C9H7IN2/c10-8-3-1-7(2-4-8)9-5-11-6-12-9/h1-6H,(H,11,12). The Bertz CT molecular complexity index is 351. The van der Waals surface area contributed by atoms with Crippen LogP contribution >= 0.6 is 22.6 Å². The molecule has 0 atom stereocenters. The number of benzene rings is 1. The predicted octanol–water partition coefficient (Wildman–Crippen LogP) is 2.68. The summed E-state index contributed by atoms with van der Waals surface area (Å²) in [4.78, 5) is 7.09. The molecule has 1 N–H and O–H groups in total. The van der Waals surface area contributed by atoms with Gasteiger partial charge in [0, 0.05) is 15.3 Å². The summed E-state index contributed by atoms with van der Waals surface area (Å²) in [7, 11) is 0. The number of hydrogen-bond donors (Lipinski definition) is 1. The maximum atomic E-state index is 4.16. The Morgan fingerprint density at radius 1 is 1.17 bits per heavy atom. The van der Waals surface area contributed by atoms with Gasteiger partial charge < -0.3 is 4.98 Å². The monoisotopic (exact) mass is 270 g/mol. The van der Waals surface area contributed by atoms with Crippen LogP contribution in [0.2, 0.25) is 0 Å². The van der Waals surface area contributed by atoms with Crippen LogP contribution < -0.4 is 0 Å². The van der Waals surface area contributed by atoms with Gasteiger partial charge in [0.15, 0.2) is 0 Å². The highest BCUT2D eigenvalue weighted by Gasteiger charge is 1.97. The summed E-state index contributed by atoms with van der Waals surface area (Å²) in [6.45, 7) is 0. The molecule has 0 aliphatic rings. The van der Waals surface area contributed by atoms with Crippen LogP contribution in [-0.2, 0) is 0 Å². The fourth-order valence-electron chi connectivity index (χ4n) is 1.04. The minimum atomic E-state index is 0.992. The summed E-state index contributed by atoms with van der Waals surface area (Å²) in [5, 5.41) is 0. The van der Waals surface area contributed by atoms with Crippen LogP contribution in [0.15, 0.2) is 36.8 Å². The van der Waals surface area contributed by atoms with Gasteiger partial charge in [0.25, 0.3) is 0 Å². The molecule has 0 aliphatic heterocycles. The van der Waals surface area contributed by atoms with Gasteiger partial charge in [-0.15, -0.1) is 0 Å². The molecule has 0 unspecified atom stereocenters. The Hall–Kier alpha value is -0.840. The first-order valence-electron chi connectivity index (χ1n) is 3.61. The molecule has 0 saturated heterocycles. The van der Waals surface area contributed by atoms with Crippen molar-refractivity contribution < 1.29 is 0 Å². The van der Waals surface area contributed by atoms with Crippen LogP contribution in [0.25, 0.3) is 11.3 Å². The summed E-state index contributed by atoms with van der Waals surface area (Å²) in [6.07, 6.45) is 3.58. The summed E-state index contributed by atoms with van der Waals surface area (Å²) in [5.74, 6) is 0. The molecule has 60 valence electrons.